The lowest BCUT2D eigenvalue weighted by Gasteiger charge is -2.38. The Morgan fingerprint density at radius 3 is 2.37 bits per heavy atom. The number of benzene rings is 2. The summed E-state index contributed by atoms with van der Waals surface area (Å²) in [6, 6.07) is 9.80. The minimum atomic E-state index is -4.12. The van der Waals surface area contributed by atoms with Crippen molar-refractivity contribution in [2.75, 3.05) is 11.4 Å². The largest absolute Gasteiger partial charge is 0.478 e. The topological polar surface area (TPSA) is 130 Å². The Morgan fingerprint density at radius 2 is 1.77 bits per heavy atom. The highest BCUT2D eigenvalue weighted by atomic mass is 32.2. The van der Waals surface area contributed by atoms with Gasteiger partial charge in [0.2, 0.25) is 0 Å². The zero-order valence-corrected chi connectivity index (χ0v) is 17.3. The van der Waals surface area contributed by atoms with Crippen LogP contribution in [0.2, 0.25) is 0 Å². The molecule has 2 aromatic carbocycles. The Labute approximate surface area is 173 Å². The molecule has 30 heavy (non-hydrogen) atoms. The number of carboxylic acids is 1. The van der Waals surface area contributed by atoms with Crippen molar-refractivity contribution in [3.8, 4) is 5.75 Å². The average Bonchev–Trinajstić information content (AvgIpc) is 2.64. The van der Waals surface area contributed by atoms with Gasteiger partial charge < -0.3 is 9.84 Å². The highest BCUT2D eigenvalue weighted by molar-refractivity contribution is 7.90. The molecule has 0 unspecified atom stereocenters. The summed E-state index contributed by atoms with van der Waals surface area (Å²) in [6.07, 6.45) is 0. The van der Waals surface area contributed by atoms with Crippen molar-refractivity contribution in [2.24, 2.45) is 0 Å². The van der Waals surface area contributed by atoms with Crippen LogP contribution < -0.4 is 14.4 Å². The van der Waals surface area contributed by atoms with E-state index in [-0.39, 0.29) is 21.9 Å². The molecule has 158 valence electrons. The number of aryl methyl sites for hydroxylation is 1. The molecule has 0 aliphatic carbocycles. The third-order valence-electron chi connectivity index (χ3n) is 4.50. The van der Waals surface area contributed by atoms with E-state index in [1.807, 2.05) is 4.72 Å². The summed E-state index contributed by atoms with van der Waals surface area (Å²) in [6.45, 7) is 4.16. The van der Waals surface area contributed by atoms with Crippen molar-refractivity contribution in [1.82, 2.24) is 4.72 Å². The Kier molecular flexibility index (Phi) is 5.29. The number of anilines is 1. The van der Waals surface area contributed by atoms with Crippen molar-refractivity contribution in [3.05, 3.63) is 53.6 Å². The number of sulfonamides is 1. The van der Waals surface area contributed by atoms with E-state index >= 15 is 0 Å². The number of amides is 2. The van der Waals surface area contributed by atoms with E-state index in [1.54, 1.807) is 19.1 Å². The van der Waals surface area contributed by atoms with E-state index in [4.69, 9.17) is 9.84 Å². The Balaban J connectivity index is 1.88. The number of aromatic carboxylic acids is 1. The smallest absolute Gasteiger partial charge is 0.335 e. The van der Waals surface area contributed by atoms with Gasteiger partial charge in [-0.25, -0.2) is 17.9 Å². The molecule has 1 aliphatic rings. The molecule has 0 atom stereocenters. The normalized spacial score (nSPS) is 15.2. The number of carbonyl (C=O) groups is 3. The summed E-state index contributed by atoms with van der Waals surface area (Å²) < 4.78 is 32.5. The van der Waals surface area contributed by atoms with Gasteiger partial charge in [0.25, 0.3) is 21.8 Å². The summed E-state index contributed by atoms with van der Waals surface area (Å²) in [7, 11) is -4.12. The fraction of sp³-hybridized carbons (Fsp3) is 0.250. The predicted octanol–water partition coefficient (Wildman–Crippen LogP) is 1.70. The van der Waals surface area contributed by atoms with Crippen LogP contribution in [-0.2, 0) is 19.6 Å². The Hall–Kier alpha value is -3.40. The van der Waals surface area contributed by atoms with E-state index in [9.17, 15) is 22.8 Å². The number of carboxylic acid groups (broad SMARTS) is 1. The van der Waals surface area contributed by atoms with Crippen molar-refractivity contribution in [1.29, 1.82) is 0 Å². The molecule has 0 saturated heterocycles. The van der Waals surface area contributed by atoms with E-state index < -0.39 is 40.0 Å². The minimum absolute atomic E-state index is 0.0507. The number of ether oxygens (including phenoxy) is 1. The number of fused-ring (bicyclic) bond motifs is 1. The fourth-order valence-corrected chi connectivity index (χ4v) is 3.94. The quantitative estimate of drug-likeness (QED) is 0.735. The van der Waals surface area contributed by atoms with Crippen LogP contribution in [0.4, 0.5) is 5.69 Å². The third kappa shape index (κ3) is 4.13. The Morgan fingerprint density at radius 1 is 1.13 bits per heavy atom. The maximum Gasteiger partial charge on any atom is 0.335 e. The van der Waals surface area contributed by atoms with Gasteiger partial charge in [-0.15, -0.1) is 0 Å². The van der Waals surface area contributed by atoms with Crippen molar-refractivity contribution in [2.45, 2.75) is 31.3 Å². The van der Waals surface area contributed by atoms with Crippen LogP contribution in [0, 0.1) is 6.92 Å². The van der Waals surface area contributed by atoms with Gasteiger partial charge in [0, 0.05) is 0 Å². The maximum atomic E-state index is 12.8. The molecule has 3 rings (SSSR count). The van der Waals surface area contributed by atoms with E-state index in [0.29, 0.717) is 0 Å². The molecule has 2 N–H and O–H groups in total. The summed E-state index contributed by atoms with van der Waals surface area (Å²) >= 11 is 0. The second-order valence-corrected chi connectivity index (χ2v) is 9.02. The van der Waals surface area contributed by atoms with Crippen LogP contribution in [0.1, 0.15) is 29.8 Å². The zero-order chi connectivity index (χ0) is 22.3. The standard InChI is InChI=1S/C20H20N2O7S/c1-12-4-7-14(8-5-12)30(27,28)21-17(23)11-22-15-9-6-13(18(24)25)10-16(15)29-20(2,3)19(22)26/h4-10H,11H2,1-3H3,(H,21,23)(H,24,25). The van der Waals surface area contributed by atoms with Gasteiger partial charge in [0.1, 0.15) is 12.3 Å². The van der Waals surface area contributed by atoms with Gasteiger partial charge in [-0.2, -0.15) is 0 Å². The van der Waals surface area contributed by atoms with Crippen LogP contribution in [0.3, 0.4) is 0 Å². The van der Waals surface area contributed by atoms with Gasteiger partial charge in [-0.3, -0.25) is 14.5 Å². The third-order valence-corrected chi connectivity index (χ3v) is 5.89. The highest BCUT2D eigenvalue weighted by Crippen LogP contribution is 2.38. The average molecular weight is 432 g/mol. The Bertz CT molecular complexity index is 1140. The first-order valence-electron chi connectivity index (χ1n) is 8.91. The maximum absolute atomic E-state index is 12.8. The molecule has 0 spiro atoms. The second-order valence-electron chi connectivity index (χ2n) is 7.33. The van der Waals surface area contributed by atoms with Crippen LogP contribution in [0.15, 0.2) is 47.4 Å². The molecule has 2 aromatic rings. The van der Waals surface area contributed by atoms with Crippen LogP contribution >= 0.6 is 0 Å². The fourth-order valence-electron chi connectivity index (χ4n) is 2.96. The summed E-state index contributed by atoms with van der Waals surface area (Å²) in [4.78, 5) is 37.5. The second kappa shape index (κ2) is 7.45. The van der Waals surface area contributed by atoms with E-state index in [0.717, 1.165) is 10.5 Å². The molecule has 2 amide bonds. The van der Waals surface area contributed by atoms with Crippen molar-refractivity contribution < 1.29 is 32.6 Å². The number of rotatable bonds is 5. The minimum Gasteiger partial charge on any atom is -0.478 e. The predicted molar refractivity (Wildman–Crippen MR) is 107 cm³/mol. The lowest BCUT2D eigenvalue weighted by molar-refractivity contribution is -0.134. The zero-order valence-electron chi connectivity index (χ0n) is 16.5. The van der Waals surface area contributed by atoms with Gasteiger partial charge in [0.15, 0.2) is 5.60 Å². The molecule has 1 aliphatic heterocycles. The molecule has 0 fully saturated rings. The van der Waals surface area contributed by atoms with Gasteiger partial charge in [0.05, 0.1) is 16.1 Å². The molecule has 10 heteroatoms. The van der Waals surface area contributed by atoms with E-state index in [2.05, 4.69) is 0 Å². The first kappa shape index (κ1) is 21.3. The summed E-state index contributed by atoms with van der Waals surface area (Å²) in [5, 5.41) is 9.17. The molecule has 1 heterocycles. The van der Waals surface area contributed by atoms with Gasteiger partial charge in [-0.1, -0.05) is 17.7 Å². The molecule has 0 bridgehead atoms. The summed E-state index contributed by atoms with van der Waals surface area (Å²) in [5.41, 5.74) is -0.392. The first-order valence-corrected chi connectivity index (χ1v) is 10.4. The molecule has 0 aromatic heterocycles. The highest BCUT2D eigenvalue weighted by Gasteiger charge is 2.42. The van der Waals surface area contributed by atoms with Gasteiger partial charge >= 0.3 is 5.97 Å². The van der Waals surface area contributed by atoms with Crippen molar-refractivity contribution >= 4 is 33.5 Å². The summed E-state index contributed by atoms with van der Waals surface area (Å²) in [5.74, 6) is -2.56. The van der Waals surface area contributed by atoms with Crippen LogP contribution in [-0.4, -0.2) is 43.5 Å². The van der Waals surface area contributed by atoms with Gasteiger partial charge in [-0.05, 0) is 51.1 Å². The molecule has 0 saturated carbocycles. The lowest BCUT2D eigenvalue weighted by atomic mass is 10.0. The number of nitrogens with zero attached hydrogens (tertiary/aromatic N) is 1. The first-order chi connectivity index (χ1) is 13.9. The number of hydrogen-bond acceptors (Lipinski definition) is 6. The molecule has 9 nitrogen and oxygen atoms in total. The number of hydrogen-bond donors (Lipinski definition) is 2. The monoisotopic (exact) mass is 432 g/mol. The molecular weight excluding hydrogens is 412 g/mol. The van der Waals surface area contributed by atoms with E-state index in [1.165, 1.54) is 44.2 Å². The number of carbonyl (C=O) groups excluding carboxylic acids is 2. The number of nitrogens with one attached hydrogen (secondary N) is 1. The molecule has 0 radical (unpaired) electrons. The SMILES string of the molecule is Cc1ccc(S(=O)(=O)NC(=O)CN2C(=O)C(C)(C)Oc3cc(C(=O)O)ccc32)cc1. The van der Waals surface area contributed by atoms with Crippen LogP contribution in [0.25, 0.3) is 0 Å². The molecular formula is C20H20N2O7S. The van der Waals surface area contributed by atoms with Crippen LogP contribution in [0.5, 0.6) is 5.75 Å². The lowest BCUT2D eigenvalue weighted by Crippen LogP contribution is -2.55. The van der Waals surface area contributed by atoms with Crippen molar-refractivity contribution in [3.63, 3.8) is 0 Å².